The Balaban J connectivity index is 2.32. The third kappa shape index (κ3) is 3.65. The quantitative estimate of drug-likeness (QED) is 0.553. The Kier molecular flexibility index (Phi) is 5.42. The summed E-state index contributed by atoms with van der Waals surface area (Å²) in [5.41, 5.74) is 0. The molecule has 0 saturated carbocycles. The van der Waals surface area contributed by atoms with E-state index in [9.17, 15) is 0 Å². The Morgan fingerprint density at radius 1 is 1.38 bits per heavy atom. The number of nitrogens with zero attached hydrogens (tertiary/aromatic N) is 1. The number of rotatable bonds is 6. The zero-order chi connectivity index (χ0) is 15.1. The third-order valence-electron chi connectivity index (χ3n) is 2.83. The molecule has 0 unspecified atom stereocenters. The second-order valence-electron chi connectivity index (χ2n) is 4.30. The van der Waals surface area contributed by atoms with E-state index in [0.29, 0.717) is 6.42 Å². The van der Waals surface area contributed by atoms with E-state index in [1.165, 1.54) is 0 Å². The molecule has 0 amide bonds. The number of fused-ring (bicyclic) bond motifs is 1. The summed E-state index contributed by atoms with van der Waals surface area (Å²) in [4.78, 5) is 0. The predicted octanol–water partition coefficient (Wildman–Crippen LogP) is 5.05. The molecule has 0 aliphatic heterocycles. The summed E-state index contributed by atoms with van der Waals surface area (Å²) in [6.07, 6.45) is 6.84. The van der Waals surface area contributed by atoms with Crippen LogP contribution in [-0.2, 0) is 0 Å². The van der Waals surface area contributed by atoms with Gasteiger partial charge in [0.25, 0.3) is 0 Å². The molecular formula is C17H17NO2S. The lowest BCUT2D eigenvalue weighted by Crippen LogP contribution is -1.92. The van der Waals surface area contributed by atoms with Crippen LogP contribution in [0.2, 0.25) is 0 Å². The molecule has 0 atom stereocenters. The average Bonchev–Trinajstić information content (AvgIpc) is 2.84. The molecule has 108 valence electrons. The fourth-order valence-corrected chi connectivity index (χ4v) is 2.98. The molecule has 2 aromatic rings. The van der Waals surface area contributed by atoms with E-state index in [1.807, 2.05) is 43.3 Å². The van der Waals surface area contributed by atoms with Gasteiger partial charge in [-0.05, 0) is 30.7 Å². The Morgan fingerprint density at radius 3 is 2.90 bits per heavy atom. The van der Waals surface area contributed by atoms with Gasteiger partial charge in [-0.15, -0.1) is 0 Å². The molecule has 1 aromatic heterocycles. The number of methoxy groups -OCH3 is 1. The molecule has 4 heteroatoms. The standard InChI is InChI=1S/C17H17NO2S/c1-3-8-13(9-6-7-12-18)20-17-16(19-2)14-10-4-5-11-15(14)21-17/h4-6,8-11H,3,7H2,1-2H3/b9-6-,13-8+. The Morgan fingerprint density at radius 2 is 2.19 bits per heavy atom. The summed E-state index contributed by atoms with van der Waals surface area (Å²) in [5, 5.41) is 10.4. The van der Waals surface area contributed by atoms with Crippen LogP contribution in [0.5, 0.6) is 10.8 Å². The minimum absolute atomic E-state index is 0.369. The van der Waals surface area contributed by atoms with Crippen molar-refractivity contribution in [2.75, 3.05) is 7.11 Å². The molecule has 0 aliphatic carbocycles. The lowest BCUT2D eigenvalue weighted by atomic mass is 10.2. The minimum atomic E-state index is 0.369. The van der Waals surface area contributed by atoms with Crippen molar-refractivity contribution in [1.82, 2.24) is 0 Å². The van der Waals surface area contributed by atoms with E-state index < -0.39 is 0 Å². The number of allylic oxidation sites excluding steroid dienone is 3. The summed E-state index contributed by atoms with van der Waals surface area (Å²) in [6, 6.07) is 10.1. The number of thiophene rings is 1. The summed E-state index contributed by atoms with van der Waals surface area (Å²) in [5.74, 6) is 1.49. The molecule has 2 rings (SSSR count). The smallest absolute Gasteiger partial charge is 0.224 e. The van der Waals surface area contributed by atoms with Gasteiger partial charge in [0.1, 0.15) is 5.76 Å². The maximum Gasteiger partial charge on any atom is 0.224 e. The number of hydrogen-bond donors (Lipinski definition) is 0. The Labute approximate surface area is 128 Å². The minimum Gasteiger partial charge on any atom is -0.491 e. The highest BCUT2D eigenvalue weighted by Crippen LogP contribution is 2.44. The molecule has 0 spiro atoms. The number of ether oxygens (including phenoxy) is 2. The van der Waals surface area contributed by atoms with Crippen LogP contribution in [0, 0.1) is 11.3 Å². The molecule has 1 aromatic carbocycles. The average molecular weight is 299 g/mol. The van der Waals surface area contributed by atoms with Gasteiger partial charge in [-0.25, -0.2) is 0 Å². The van der Waals surface area contributed by atoms with E-state index in [-0.39, 0.29) is 0 Å². The van der Waals surface area contributed by atoms with Crippen LogP contribution < -0.4 is 9.47 Å². The van der Waals surface area contributed by atoms with Crippen LogP contribution in [0.4, 0.5) is 0 Å². The van der Waals surface area contributed by atoms with Gasteiger partial charge in [0.15, 0.2) is 5.75 Å². The van der Waals surface area contributed by atoms with Gasteiger partial charge < -0.3 is 9.47 Å². The van der Waals surface area contributed by atoms with E-state index in [4.69, 9.17) is 14.7 Å². The molecule has 21 heavy (non-hydrogen) atoms. The van der Waals surface area contributed by atoms with Crippen molar-refractivity contribution in [1.29, 1.82) is 5.26 Å². The first kappa shape index (κ1) is 15.1. The van der Waals surface area contributed by atoms with Gasteiger partial charge in [-0.3, -0.25) is 0 Å². The van der Waals surface area contributed by atoms with Crippen molar-refractivity contribution in [2.24, 2.45) is 0 Å². The first-order chi connectivity index (χ1) is 10.3. The zero-order valence-electron chi connectivity index (χ0n) is 12.1. The van der Waals surface area contributed by atoms with E-state index >= 15 is 0 Å². The van der Waals surface area contributed by atoms with Crippen LogP contribution in [0.3, 0.4) is 0 Å². The van der Waals surface area contributed by atoms with E-state index in [2.05, 4.69) is 6.07 Å². The van der Waals surface area contributed by atoms with Crippen LogP contribution in [0.15, 0.2) is 48.3 Å². The fraction of sp³-hybridized carbons (Fsp3) is 0.235. The summed E-state index contributed by atoms with van der Waals surface area (Å²) in [7, 11) is 1.65. The first-order valence-corrected chi connectivity index (χ1v) is 7.58. The molecule has 0 fully saturated rings. The molecule has 3 nitrogen and oxygen atoms in total. The van der Waals surface area contributed by atoms with Crippen LogP contribution in [0.25, 0.3) is 10.1 Å². The highest BCUT2D eigenvalue weighted by molar-refractivity contribution is 7.21. The lowest BCUT2D eigenvalue weighted by molar-refractivity contribution is 0.379. The summed E-state index contributed by atoms with van der Waals surface area (Å²) >= 11 is 1.55. The molecule has 0 saturated heterocycles. The van der Waals surface area contributed by atoms with E-state index in [1.54, 1.807) is 24.5 Å². The summed E-state index contributed by atoms with van der Waals surface area (Å²) < 4.78 is 12.6. The molecule has 0 bridgehead atoms. The second kappa shape index (κ2) is 7.51. The van der Waals surface area contributed by atoms with Crippen molar-refractivity contribution in [2.45, 2.75) is 19.8 Å². The van der Waals surface area contributed by atoms with Crippen LogP contribution in [0.1, 0.15) is 19.8 Å². The normalized spacial score (nSPS) is 11.8. The number of benzene rings is 1. The topological polar surface area (TPSA) is 42.2 Å². The predicted molar refractivity (Wildman–Crippen MR) is 86.7 cm³/mol. The van der Waals surface area contributed by atoms with Crippen molar-refractivity contribution in [3.8, 4) is 16.9 Å². The number of nitriles is 1. The monoisotopic (exact) mass is 299 g/mol. The third-order valence-corrected chi connectivity index (χ3v) is 3.86. The van der Waals surface area contributed by atoms with Gasteiger partial charge in [-0.1, -0.05) is 36.5 Å². The maximum absolute atomic E-state index is 8.60. The van der Waals surface area contributed by atoms with Crippen molar-refractivity contribution in [3.63, 3.8) is 0 Å². The second-order valence-corrected chi connectivity index (χ2v) is 5.32. The van der Waals surface area contributed by atoms with Gasteiger partial charge >= 0.3 is 0 Å². The van der Waals surface area contributed by atoms with Gasteiger partial charge in [-0.2, -0.15) is 5.26 Å². The van der Waals surface area contributed by atoms with Crippen molar-refractivity contribution >= 4 is 21.4 Å². The highest BCUT2D eigenvalue weighted by Gasteiger charge is 2.14. The SMILES string of the molecule is CC/C=C(\C=C/CC#N)Oc1sc2ccccc2c1OC. The summed E-state index contributed by atoms with van der Waals surface area (Å²) in [6.45, 7) is 2.05. The molecular weight excluding hydrogens is 282 g/mol. The Bertz CT molecular complexity index is 707. The number of hydrogen-bond acceptors (Lipinski definition) is 4. The van der Waals surface area contributed by atoms with Gasteiger partial charge in [0, 0.05) is 10.1 Å². The molecule has 0 N–H and O–H groups in total. The van der Waals surface area contributed by atoms with Crippen LogP contribution in [-0.4, -0.2) is 7.11 Å². The van der Waals surface area contributed by atoms with Crippen LogP contribution >= 0.6 is 11.3 Å². The fourth-order valence-electron chi connectivity index (χ4n) is 1.94. The van der Waals surface area contributed by atoms with Crippen molar-refractivity contribution < 1.29 is 9.47 Å². The lowest BCUT2D eigenvalue weighted by Gasteiger charge is -2.06. The molecule has 0 aliphatic rings. The molecule has 1 heterocycles. The van der Waals surface area contributed by atoms with Crippen molar-refractivity contribution in [3.05, 3.63) is 48.3 Å². The highest BCUT2D eigenvalue weighted by atomic mass is 32.1. The molecule has 0 radical (unpaired) electrons. The maximum atomic E-state index is 8.60. The van der Waals surface area contributed by atoms with Gasteiger partial charge in [0.05, 0.1) is 19.6 Å². The van der Waals surface area contributed by atoms with Gasteiger partial charge in [0.2, 0.25) is 5.06 Å². The van der Waals surface area contributed by atoms with E-state index in [0.717, 1.165) is 33.1 Å². The largest absolute Gasteiger partial charge is 0.491 e. The Hall–Kier alpha value is -2.25. The zero-order valence-corrected chi connectivity index (χ0v) is 12.9. The first-order valence-electron chi connectivity index (χ1n) is 6.77.